The second kappa shape index (κ2) is 14.3. The Balaban J connectivity index is 0.00000451. The molecule has 4 aliphatic heterocycles. The molecular formula is C36H51ClN6O3S. The van der Waals surface area contributed by atoms with E-state index >= 15 is 0 Å². The Kier molecular flexibility index (Phi) is 10.3. The minimum Gasteiger partial charge on any atom is -0.367 e. The predicted molar refractivity (Wildman–Crippen MR) is 193 cm³/mol. The molecule has 1 N–H and O–H groups in total. The van der Waals surface area contributed by atoms with Crippen LogP contribution in [-0.4, -0.2) is 108 Å². The Morgan fingerprint density at radius 1 is 0.979 bits per heavy atom. The zero-order valence-corrected chi connectivity index (χ0v) is 29.8. The number of likely N-dealkylation sites (N-methyl/N-ethyl adjacent to an activating group) is 1. The fraction of sp³-hybridized carbons (Fsp3) is 0.583. The van der Waals surface area contributed by atoms with Crippen molar-refractivity contribution in [2.24, 2.45) is 5.41 Å². The average Bonchev–Trinajstić information content (AvgIpc) is 3.24. The van der Waals surface area contributed by atoms with Crippen molar-refractivity contribution in [3.05, 3.63) is 58.6 Å². The number of nitrogens with one attached hydrogen (secondary N) is 1. The third-order valence-electron chi connectivity index (χ3n) is 10.1. The fourth-order valence-electron chi connectivity index (χ4n) is 7.20. The van der Waals surface area contributed by atoms with Crippen molar-refractivity contribution in [1.29, 1.82) is 0 Å². The second-order valence-electron chi connectivity index (χ2n) is 14.6. The smallest absolute Gasteiger partial charge is 0.322 e. The van der Waals surface area contributed by atoms with Gasteiger partial charge in [0, 0.05) is 77.5 Å². The normalized spacial score (nSPS) is 23.2. The number of fused-ring (bicyclic) bond motifs is 1. The molecule has 0 spiro atoms. The van der Waals surface area contributed by atoms with E-state index in [1.807, 2.05) is 45.0 Å². The van der Waals surface area contributed by atoms with Gasteiger partial charge in [-0.2, -0.15) is 0 Å². The van der Waals surface area contributed by atoms with Gasteiger partial charge in [-0.1, -0.05) is 62.7 Å². The van der Waals surface area contributed by atoms with Crippen LogP contribution in [0.2, 0.25) is 5.02 Å². The Morgan fingerprint density at radius 3 is 2.43 bits per heavy atom. The van der Waals surface area contributed by atoms with Gasteiger partial charge in [0.2, 0.25) is 11.8 Å². The lowest BCUT2D eigenvalue weighted by atomic mass is 9.92. The van der Waals surface area contributed by atoms with Crippen molar-refractivity contribution in [1.82, 2.24) is 19.6 Å². The number of para-hydroxylation sites is 2. The molecule has 11 heteroatoms. The van der Waals surface area contributed by atoms with Crippen molar-refractivity contribution in [2.45, 2.75) is 69.5 Å². The van der Waals surface area contributed by atoms with Gasteiger partial charge in [0.05, 0.1) is 16.0 Å². The van der Waals surface area contributed by atoms with E-state index in [1.165, 1.54) is 0 Å². The van der Waals surface area contributed by atoms with Crippen LogP contribution in [0.3, 0.4) is 0 Å². The fourth-order valence-corrected chi connectivity index (χ4v) is 8.99. The summed E-state index contributed by atoms with van der Waals surface area (Å²) < 4.78 is 0. The van der Waals surface area contributed by atoms with Crippen LogP contribution in [0.15, 0.2) is 42.5 Å². The van der Waals surface area contributed by atoms with E-state index in [0.29, 0.717) is 31.2 Å². The topological polar surface area (TPSA) is 79.4 Å². The molecule has 256 valence electrons. The van der Waals surface area contributed by atoms with Crippen LogP contribution in [0.4, 0.5) is 16.2 Å². The Bertz CT molecular complexity index is 1470. The minimum absolute atomic E-state index is 0. The first kappa shape index (κ1) is 33.9. The predicted octanol–water partition coefficient (Wildman–Crippen LogP) is 6.19. The van der Waals surface area contributed by atoms with E-state index < -0.39 is 5.25 Å². The molecule has 2 unspecified atom stereocenters. The SMILES string of the molecule is CN1CCN(c2c(Cl)cccc2C2SC(CC(=O)N3CCC(N4CCc5ccccc5NC4=O)CC3)C(=O)N2CCC(C)(C)C)CC1.[HH]. The third kappa shape index (κ3) is 7.70. The van der Waals surface area contributed by atoms with E-state index in [-0.39, 0.29) is 42.5 Å². The molecule has 2 atom stereocenters. The first-order valence-corrected chi connectivity index (χ1v) is 18.4. The molecule has 0 aliphatic carbocycles. The number of urea groups is 1. The summed E-state index contributed by atoms with van der Waals surface area (Å²) in [5.41, 5.74) is 4.17. The van der Waals surface area contributed by atoms with Crippen LogP contribution in [-0.2, 0) is 16.0 Å². The Labute approximate surface area is 290 Å². The Morgan fingerprint density at radius 2 is 1.70 bits per heavy atom. The number of rotatable bonds is 7. The summed E-state index contributed by atoms with van der Waals surface area (Å²) >= 11 is 8.49. The van der Waals surface area contributed by atoms with Gasteiger partial charge in [-0.3, -0.25) is 9.59 Å². The van der Waals surface area contributed by atoms with Gasteiger partial charge in [0.1, 0.15) is 5.37 Å². The maximum atomic E-state index is 14.1. The first-order chi connectivity index (χ1) is 22.5. The highest BCUT2D eigenvalue weighted by molar-refractivity contribution is 8.01. The summed E-state index contributed by atoms with van der Waals surface area (Å²) in [6.45, 7) is 12.7. The highest BCUT2D eigenvalue weighted by Crippen LogP contribution is 2.49. The van der Waals surface area contributed by atoms with Crippen LogP contribution >= 0.6 is 23.4 Å². The summed E-state index contributed by atoms with van der Waals surface area (Å²) in [5, 5.41) is 3.14. The van der Waals surface area contributed by atoms with Crippen LogP contribution in [0, 0.1) is 5.41 Å². The minimum atomic E-state index is -0.445. The maximum Gasteiger partial charge on any atom is 0.322 e. The average molecular weight is 683 g/mol. The quantitative estimate of drug-likeness (QED) is 0.376. The lowest BCUT2D eigenvalue weighted by Crippen LogP contribution is -2.50. The number of benzene rings is 2. The molecule has 4 amide bonds. The second-order valence-corrected chi connectivity index (χ2v) is 16.3. The molecule has 0 radical (unpaired) electrons. The Hall–Kier alpha value is -2.95. The lowest BCUT2D eigenvalue weighted by Gasteiger charge is -2.38. The van der Waals surface area contributed by atoms with Gasteiger partial charge in [-0.15, -0.1) is 11.8 Å². The number of halogens is 1. The van der Waals surface area contributed by atoms with Gasteiger partial charge >= 0.3 is 6.03 Å². The molecule has 3 fully saturated rings. The molecule has 2 aromatic carbocycles. The molecule has 0 aromatic heterocycles. The number of carbonyl (C=O) groups is 3. The largest absolute Gasteiger partial charge is 0.367 e. The van der Waals surface area contributed by atoms with E-state index in [9.17, 15) is 14.4 Å². The molecule has 3 saturated heterocycles. The molecule has 9 nitrogen and oxygen atoms in total. The van der Waals surface area contributed by atoms with E-state index in [4.69, 9.17) is 11.6 Å². The summed E-state index contributed by atoms with van der Waals surface area (Å²) in [5.74, 6) is 0.0569. The van der Waals surface area contributed by atoms with Gasteiger partial charge < -0.3 is 29.8 Å². The van der Waals surface area contributed by atoms with Crippen LogP contribution < -0.4 is 10.2 Å². The number of piperidine rings is 1. The molecule has 6 rings (SSSR count). The maximum absolute atomic E-state index is 14.1. The number of thioether (sulfide) groups is 1. The van der Waals surface area contributed by atoms with Crippen LogP contribution in [0.1, 0.15) is 64.4 Å². The summed E-state index contributed by atoms with van der Waals surface area (Å²) in [6.07, 6.45) is 3.33. The number of amides is 4. The molecule has 0 saturated carbocycles. The monoisotopic (exact) mass is 682 g/mol. The van der Waals surface area contributed by atoms with Gasteiger partial charge in [0.25, 0.3) is 0 Å². The molecule has 0 bridgehead atoms. The van der Waals surface area contributed by atoms with Crippen molar-refractivity contribution in [3.8, 4) is 0 Å². The number of hydrogen-bond donors (Lipinski definition) is 1. The number of piperazine rings is 1. The number of carbonyl (C=O) groups excluding carboxylic acids is 3. The number of anilines is 2. The molecule has 2 aromatic rings. The lowest BCUT2D eigenvalue weighted by molar-refractivity contribution is -0.137. The van der Waals surface area contributed by atoms with Crippen molar-refractivity contribution < 1.29 is 15.8 Å². The van der Waals surface area contributed by atoms with Crippen molar-refractivity contribution >= 4 is 52.6 Å². The third-order valence-corrected chi connectivity index (χ3v) is 11.9. The molecule has 4 aliphatic rings. The van der Waals surface area contributed by atoms with Gasteiger partial charge in [0.15, 0.2) is 0 Å². The molecular weight excluding hydrogens is 632 g/mol. The van der Waals surface area contributed by atoms with E-state index in [0.717, 1.165) is 74.4 Å². The summed E-state index contributed by atoms with van der Waals surface area (Å²) in [6, 6.07) is 14.0. The number of nitrogens with zero attached hydrogens (tertiary/aromatic N) is 5. The van der Waals surface area contributed by atoms with E-state index in [2.05, 4.69) is 55.1 Å². The zero-order valence-electron chi connectivity index (χ0n) is 28.2. The standard InChI is InChI=1S/C36H49ClN6O3S.H2/c1-36(2,3)15-19-43-33(45)30(47-34(43)27-9-7-10-28(37)32(27)41-22-20-39(4)21-23-41)24-31(44)40-16-13-26(14-17-40)42-18-12-25-8-5-6-11-29(25)38-35(42)46;/h5-11,26,30,34H,12-24H2,1-4H3,(H,38,46);1H. The molecule has 47 heavy (non-hydrogen) atoms. The highest BCUT2D eigenvalue weighted by atomic mass is 35.5. The van der Waals surface area contributed by atoms with Gasteiger partial charge in [-0.25, -0.2) is 4.79 Å². The summed E-state index contributed by atoms with van der Waals surface area (Å²) in [4.78, 5) is 51.4. The highest BCUT2D eigenvalue weighted by Gasteiger charge is 2.44. The van der Waals surface area contributed by atoms with Crippen LogP contribution in [0.5, 0.6) is 0 Å². The summed E-state index contributed by atoms with van der Waals surface area (Å²) in [7, 11) is 2.14. The molecule has 4 heterocycles. The number of likely N-dealkylation sites (tertiary alicyclic amines) is 1. The van der Waals surface area contributed by atoms with Gasteiger partial charge in [-0.05, 0) is 55.8 Å². The zero-order chi connectivity index (χ0) is 33.3. The van der Waals surface area contributed by atoms with Crippen LogP contribution in [0.25, 0.3) is 0 Å². The van der Waals surface area contributed by atoms with Crippen molar-refractivity contribution in [3.63, 3.8) is 0 Å². The van der Waals surface area contributed by atoms with Crippen molar-refractivity contribution in [2.75, 3.05) is 69.6 Å². The first-order valence-electron chi connectivity index (χ1n) is 17.1. The van der Waals surface area contributed by atoms with E-state index in [1.54, 1.807) is 11.8 Å². The number of hydrogen-bond acceptors (Lipinski definition) is 6.